The number of nitrogens with zero attached hydrogens (tertiary/aromatic N) is 2. The molecule has 0 radical (unpaired) electrons. The zero-order valence-corrected chi connectivity index (χ0v) is 18.8. The predicted octanol–water partition coefficient (Wildman–Crippen LogP) is 3.20. The molecule has 3 rings (SSSR count). The van der Waals surface area contributed by atoms with Gasteiger partial charge in [0.1, 0.15) is 0 Å². The normalized spacial score (nSPS) is 16.4. The summed E-state index contributed by atoms with van der Waals surface area (Å²) in [5, 5.41) is 3.07. The molecule has 1 fully saturated rings. The molecule has 1 atom stereocenters. The summed E-state index contributed by atoms with van der Waals surface area (Å²) >= 11 is 0. The number of hydrogen-bond acceptors (Lipinski definition) is 4. The zero-order chi connectivity index (χ0) is 21.7. The van der Waals surface area contributed by atoms with Crippen molar-refractivity contribution in [2.24, 2.45) is 0 Å². The molecular weight excluding hydrogens is 398 g/mol. The van der Waals surface area contributed by atoms with Crippen molar-refractivity contribution < 1.29 is 13.2 Å². The third-order valence-electron chi connectivity index (χ3n) is 5.44. The van der Waals surface area contributed by atoms with E-state index in [0.29, 0.717) is 30.8 Å². The van der Waals surface area contributed by atoms with Crippen LogP contribution in [0.5, 0.6) is 0 Å². The van der Waals surface area contributed by atoms with Crippen LogP contribution < -0.4 is 5.32 Å². The number of aryl methyl sites for hydroxylation is 1. The Morgan fingerprint density at radius 3 is 2.37 bits per heavy atom. The fourth-order valence-electron chi connectivity index (χ4n) is 3.79. The molecule has 7 heteroatoms. The van der Waals surface area contributed by atoms with Gasteiger partial charge in [0.25, 0.3) is 5.91 Å². The van der Waals surface area contributed by atoms with Crippen molar-refractivity contribution in [3.63, 3.8) is 0 Å². The highest BCUT2D eigenvalue weighted by Gasteiger charge is 2.28. The second-order valence-electron chi connectivity index (χ2n) is 8.14. The molecule has 2 aromatic carbocycles. The Morgan fingerprint density at radius 2 is 1.73 bits per heavy atom. The first-order valence-electron chi connectivity index (χ1n) is 10.4. The maximum Gasteiger partial charge on any atom is 0.251 e. The molecule has 0 spiro atoms. The lowest BCUT2D eigenvalue weighted by molar-refractivity contribution is 0.0929. The van der Waals surface area contributed by atoms with Crippen LogP contribution in [0.4, 0.5) is 0 Å². The summed E-state index contributed by atoms with van der Waals surface area (Å²) in [5.74, 6) is -0.277. The van der Waals surface area contributed by atoms with E-state index >= 15 is 0 Å². The van der Waals surface area contributed by atoms with E-state index in [0.717, 1.165) is 24.8 Å². The Bertz CT molecular complexity index is 968. The first-order chi connectivity index (χ1) is 14.3. The molecule has 30 heavy (non-hydrogen) atoms. The standard InChI is InChI=1S/C23H31N3O3S/c1-18-12-13-20(16-22(18)30(28,29)26-14-8-5-9-15-26)23(27)24-21(17-25(2)3)19-10-6-4-7-11-19/h4,6-7,10-13,16,21H,5,8-9,14-15,17H2,1-3H3,(H,24,27)/t21-/m1/s1. The summed E-state index contributed by atoms with van der Waals surface area (Å²) in [6.45, 7) is 3.49. The summed E-state index contributed by atoms with van der Waals surface area (Å²) in [4.78, 5) is 15.3. The van der Waals surface area contributed by atoms with Gasteiger partial charge in [0.15, 0.2) is 0 Å². The molecule has 1 saturated heterocycles. The molecule has 1 aliphatic heterocycles. The highest BCUT2D eigenvalue weighted by Crippen LogP contribution is 2.25. The van der Waals surface area contributed by atoms with Gasteiger partial charge < -0.3 is 10.2 Å². The third kappa shape index (κ3) is 5.28. The first-order valence-corrected chi connectivity index (χ1v) is 11.8. The molecule has 0 bridgehead atoms. The van der Waals surface area contributed by atoms with Crippen molar-refractivity contribution in [2.45, 2.75) is 37.1 Å². The average Bonchev–Trinajstić information content (AvgIpc) is 2.74. The van der Waals surface area contributed by atoms with Crippen LogP contribution in [-0.2, 0) is 10.0 Å². The van der Waals surface area contributed by atoms with Crippen molar-refractivity contribution in [3.8, 4) is 0 Å². The van der Waals surface area contributed by atoms with Gasteiger partial charge in [-0.3, -0.25) is 4.79 Å². The van der Waals surface area contributed by atoms with Gasteiger partial charge in [-0.2, -0.15) is 4.31 Å². The summed E-state index contributed by atoms with van der Waals surface area (Å²) in [5.41, 5.74) is 2.02. The lowest BCUT2D eigenvalue weighted by Gasteiger charge is -2.27. The van der Waals surface area contributed by atoms with Gasteiger partial charge in [-0.05, 0) is 57.1 Å². The number of rotatable bonds is 7. The second-order valence-corrected chi connectivity index (χ2v) is 10.1. The lowest BCUT2D eigenvalue weighted by Crippen LogP contribution is -2.37. The number of likely N-dealkylation sites (N-methyl/N-ethyl adjacent to an activating group) is 1. The van der Waals surface area contributed by atoms with Crippen LogP contribution in [0.3, 0.4) is 0 Å². The number of benzene rings is 2. The van der Waals surface area contributed by atoms with Gasteiger partial charge >= 0.3 is 0 Å². The predicted molar refractivity (Wildman–Crippen MR) is 119 cm³/mol. The molecule has 0 aliphatic carbocycles. The van der Waals surface area contributed by atoms with Crippen LogP contribution in [0, 0.1) is 6.92 Å². The van der Waals surface area contributed by atoms with Gasteiger partial charge in [0.2, 0.25) is 10.0 Å². The van der Waals surface area contributed by atoms with Gasteiger partial charge in [-0.1, -0.05) is 42.8 Å². The quantitative estimate of drug-likeness (QED) is 0.734. The largest absolute Gasteiger partial charge is 0.344 e. The summed E-state index contributed by atoms with van der Waals surface area (Å²) in [6, 6.07) is 14.5. The SMILES string of the molecule is Cc1ccc(C(=O)N[C@H](CN(C)C)c2ccccc2)cc1S(=O)(=O)N1CCCCC1. The molecule has 0 aromatic heterocycles. The van der Waals surface area contributed by atoms with E-state index in [9.17, 15) is 13.2 Å². The first kappa shape index (κ1) is 22.5. The lowest BCUT2D eigenvalue weighted by atomic mass is 10.1. The molecule has 1 aliphatic rings. The second kappa shape index (κ2) is 9.73. The minimum atomic E-state index is -3.60. The maximum atomic E-state index is 13.2. The van der Waals surface area contributed by atoms with Crippen molar-refractivity contribution >= 4 is 15.9 Å². The van der Waals surface area contributed by atoms with E-state index in [1.807, 2.05) is 49.3 Å². The summed E-state index contributed by atoms with van der Waals surface area (Å²) < 4.78 is 27.9. The van der Waals surface area contributed by atoms with Crippen molar-refractivity contribution in [1.29, 1.82) is 0 Å². The Hall–Kier alpha value is -2.22. The van der Waals surface area contributed by atoms with E-state index in [-0.39, 0.29) is 16.8 Å². The Morgan fingerprint density at radius 1 is 1.07 bits per heavy atom. The van der Waals surface area contributed by atoms with Crippen LogP contribution >= 0.6 is 0 Å². The highest BCUT2D eigenvalue weighted by molar-refractivity contribution is 7.89. The molecule has 0 unspecified atom stereocenters. The highest BCUT2D eigenvalue weighted by atomic mass is 32.2. The summed E-state index contributed by atoms with van der Waals surface area (Å²) in [7, 11) is 0.308. The van der Waals surface area contributed by atoms with Crippen LogP contribution in [0.2, 0.25) is 0 Å². The Kier molecular flexibility index (Phi) is 7.28. The minimum absolute atomic E-state index is 0.197. The van der Waals surface area contributed by atoms with E-state index in [1.165, 1.54) is 6.07 Å². The molecule has 1 heterocycles. The average molecular weight is 430 g/mol. The topological polar surface area (TPSA) is 69.7 Å². The van der Waals surface area contributed by atoms with E-state index in [4.69, 9.17) is 0 Å². The van der Waals surface area contributed by atoms with E-state index < -0.39 is 10.0 Å². The molecule has 1 N–H and O–H groups in total. The number of amides is 1. The van der Waals surface area contributed by atoms with Crippen molar-refractivity contribution in [2.75, 3.05) is 33.7 Å². The number of carbonyl (C=O) groups excluding carboxylic acids is 1. The zero-order valence-electron chi connectivity index (χ0n) is 18.0. The number of nitrogens with one attached hydrogen (secondary N) is 1. The van der Waals surface area contributed by atoms with Gasteiger partial charge in [0.05, 0.1) is 10.9 Å². The van der Waals surface area contributed by atoms with Crippen molar-refractivity contribution in [1.82, 2.24) is 14.5 Å². The van der Waals surface area contributed by atoms with Gasteiger partial charge in [-0.25, -0.2) is 8.42 Å². The minimum Gasteiger partial charge on any atom is -0.344 e. The van der Waals surface area contributed by atoms with Gasteiger partial charge in [-0.15, -0.1) is 0 Å². The van der Waals surface area contributed by atoms with Crippen LogP contribution in [0.25, 0.3) is 0 Å². The molecule has 162 valence electrons. The molecular formula is C23H31N3O3S. The molecule has 2 aromatic rings. The number of piperidine rings is 1. The van der Waals surface area contributed by atoms with Crippen LogP contribution in [-0.4, -0.2) is 57.3 Å². The maximum absolute atomic E-state index is 13.2. The Labute approximate surface area is 179 Å². The summed E-state index contributed by atoms with van der Waals surface area (Å²) in [6.07, 6.45) is 2.81. The van der Waals surface area contributed by atoms with Crippen LogP contribution in [0.15, 0.2) is 53.4 Å². The van der Waals surface area contributed by atoms with E-state index in [1.54, 1.807) is 23.4 Å². The monoisotopic (exact) mass is 429 g/mol. The molecule has 1 amide bonds. The number of hydrogen-bond donors (Lipinski definition) is 1. The fourth-order valence-corrected chi connectivity index (χ4v) is 5.56. The fraction of sp³-hybridized carbons (Fsp3) is 0.435. The van der Waals surface area contributed by atoms with Crippen molar-refractivity contribution in [3.05, 3.63) is 65.2 Å². The number of sulfonamides is 1. The van der Waals surface area contributed by atoms with Crippen LogP contribution in [0.1, 0.15) is 46.8 Å². The van der Waals surface area contributed by atoms with Gasteiger partial charge in [0, 0.05) is 25.2 Å². The van der Waals surface area contributed by atoms with E-state index in [2.05, 4.69) is 5.32 Å². The molecule has 0 saturated carbocycles. The molecule has 6 nitrogen and oxygen atoms in total. The Balaban J connectivity index is 1.86. The smallest absolute Gasteiger partial charge is 0.251 e. The number of carbonyl (C=O) groups is 1. The third-order valence-corrected chi connectivity index (χ3v) is 7.48.